The molecule has 19 heavy (non-hydrogen) atoms. The van der Waals surface area contributed by atoms with Crippen LogP contribution < -0.4 is 5.32 Å². The average molecular weight is 302 g/mol. The van der Waals surface area contributed by atoms with E-state index in [4.69, 9.17) is 11.6 Å². The molecule has 1 saturated carbocycles. The molecule has 1 aliphatic rings. The summed E-state index contributed by atoms with van der Waals surface area (Å²) in [6.07, 6.45) is 2.71. The maximum atomic E-state index is 12.7. The molecule has 1 aromatic carbocycles. The van der Waals surface area contributed by atoms with Crippen LogP contribution in [0.4, 0.5) is 0 Å². The molecule has 1 N–H and O–H groups in total. The third-order valence-electron chi connectivity index (χ3n) is 3.97. The Morgan fingerprint density at radius 3 is 2.42 bits per heavy atom. The number of hydrogen-bond acceptors (Lipinski definition) is 3. The van der Waals surface area contributed by atoms with Gasteiger partial charge in [-0.05, 0) is 56.5 Å². The van der Waals surface area contributed by atoms with Crippen molar-refractivity contribution in [1.29, 1.82) is 0 Å². The van der Waals surface area contributed by atoms with E-state index in [2.05, 4.69) is 12.2 Å². The summed E-state index contributed by atoms with van der Waals surface area (Å²) in [5, 5.41) is 3.37. The van der Waals surface area contributed by atoms with Gasteiger partial charge in [0.05, 0.1) is 10.1 Å². The molecule has 0 bridgehead atoms. The average Bonchev–Trinajstić information content (AvgIpc) is 2.39. The second-order valence-corrected chi connectivity index (χ2v) is 7.95. The lowest BCUT2D eigenvalue weighted by Crippen LogP contribution is -2.46. The maximum absolute atomic E-state index is 12.7. The van der Waals surface area contributed by atoms with Crippen LogP contribution in [0, 0.1) is 5.92 Å². The molecule has 1 aromatic rings. The molecule has 0 aliphatic heterocycles. The van der Waals surface area contributed by atoms with Crippen LogP contribution in [-0.2, 0) is 9.84 Å². The van der Waals surface area contributed by atoms with Gasteiger partial charge in [0.15, 0.2) is 9.84 Å². The van der Waals surface area contributed by atoms with Gasteiger partial charge < -0.3 is 5.32 Å². The summed E-state index contributed by atoms with van der Waals surface area (Å²) in [6, 6.07) is 6.51. The lowest BCUT2D eigenvalue weighted by molar-refractivity contribution is 0.319. The highest BCUT2D eigenvalue weighted by Crippen LogP contribution is 2.32. The third-order valence-corrected chi connectivity index (χ3v) is 6.46. The first-order valence-electron chi connectivity index (χ1n) is 6.62. The highest BCUT2D eigenvalue weighted by atomic mass is 35.5. The van der Waals surface area contributed by atoms with Gasteiger partial charge in [0.2, 0.25) is 0 Å². The molecular formula is C14H20ClNO2S. The Labute approximate surface area is 120 Å². The van der Waals surface area contributed by atoms with E-state index < -0.39 is 9.84 Å². The van der Waals surface area contributed by atoms with Crippen LogP contribution in [0.3, 0.4) is 0 Å². The molecule has 3 atom stereocenters. The summed E-state index contributed by atoms with van der Waals surface area (Å²) in [6.45, 7) is 2.12. The molecule has 5 heteroatoms. The zero-order valence-corrected chi connectivity index (χ0v) is 12.8. The molecule has 106 valence electrons. The number of halogens is 1. The monoisotopic (exact) mass is 301 g/mol. The first kappa shape index (κ1) is 14.8. The van der Waals surface area contributed by atoms with Crippen LogP contribution in [0.1, 0.15) is 26.2 Å². The van der Waals surface area contributed by atoms with E-state index in [1.165, 1.54) is 0 Å². The minimum absolute atomic E-state index is 0.0388. The van der Waals surface area contributed by atoms with Crippen LogP contribution in [0.5, 0.6) is 0 Å². The highest BCUT2D eigenvalue weighted by molar-refractivity contribution is 7.92. The molecule has 3 nitrogen and oxygen atoms in total. The largest absolute Gasteiger partial charge is 0.316 e. The fraction of sp³-hybridized carbons (Fsp3) is 0.571. The lowest BCUT2D eigenvalue weighted by Gasteiger charge is -2.34. The molecule has 0 saturated heterocycles. The molecule has 0 amide bonds. The molecule has 0 heterocycles. The molecule has 2 rings (SSSR count). The van der Waals surface area contributed by atoms with Crippen LogP contribution in [0.25, 0.3) is 0 Å². The molecule has 0 spiro atoms. The van der Waals surface area contributed by atoms with Crippen molar-refractivity contribution in [1.82, 2.24) is 5.32 Å². The van der Waals surface area contributed by atoms with Gasteiger partial charge >= 0.3 is 0 Å². The number of benzene rings is 1. The van der Waals surface area contributed by atoms with E-state index in [0.717, 1.165) is 19.3 Å². The quantitative estimate of drug-likeness (QED) is 0.934. The Morgan fingerprint density at radius 1 is 1.21 bits per heavy atom. The van der Waals surface area contributed by atoms with Crippen molar-refractivity contribution in [3.8, 4) is 0 Å². The fourth-order valence-corrected chi connectivity index (χ4v) is 5.08. The molecule has 0 radical (unpaired) electrons. The standard InChI is InChI=1S/C14H20ClNO2S/c1-10-3-8-13(16-2)14(9-10)19(17,18)12-6-4-11(15)5-7-12/h4-7,10,13-14,16H,3,8-9H2,1-2H3. The third kappa shape index (κ3) is 3.12. The number of hydrogen-bond donors (Lipinski definition) is 1. The Hall–Kier alpha value is -0.580. The predicted molar refractivity (Wildman–Crippen MR) is 78.3 cm³/mol. The molecule has 0 aromatic heterocycles. The van der Waals surface area contributed by atoms with E-state index in [1.54, 1.807) is 24.3 Å². The summed E-state index contributed by atoms with van der Waals surface area (Å²) in [5.74, 6) is 0.455. The van der Waals surface area contributed by atoms with Crippen molar-refractivity contribution >= 4 is 21.4 Å². The van der Waals surface area contributed by atoms with Crippen LogP contribution in [0.15, 0.2) is 29.2 Å². The Morgan fingerprint density at radius 2 is 1.84 bits per heavy atom. The van der Waals surface area contributed by atoms with E-state index in [1.807, 2.05) is 7.05 Å². The van der Waals surface area contributed by atoms with Crippen molar-refractivity contribution in [3.05, 3.63) is 29.3 Å². The SMILES string of the molecule is CNC1CCC(C)CC1S(=O)(=O)c1ccc(Cl)cc1. The van der Waals surface area contributed by atoms with Gasteiger partial charge in [-0.3, -0.25) is 0 Å². The minimum Gasteiger partial charge on any atom is -0.316 e. The fourth-order valence-electron chi connectivity index (χ4n) is 2.80. The van der Waals surface area contributed by atoms with Crippen molar-refractivity contribution < 1.29 is 8.42 Å². The lowest BCUT2D eigenvalue weighted by atomic mass is 9.87. The summed E-state index contributed by atoms with van der Waals surface area (Å²) in [7, 11) is -1.46. The van der Waals surface area contributed by atoms with Crippen molar-refractivity contribution in [2.75, 3.05) is 7.05 Å². The summed E-state index contributed by atoms with van der Waals surface area (Å²) in [4.78, 5) is 0.372. The summed E-state index contributed by atoms with van der Waals surface area (Å²) in [5.41, 5.74) is 0. The van der Waals surface area contributed by atoms with Gasteiger partial charge in [-0.1, -0.05) is 18.5 Å². The second-order valence-electron chi connectivity index (χ2n) is 5.35. The number of sulfone groups is 1. The molecular weight excluding hydrogens is 282 g/mol. The normalized spacial score (nSPS) is 28.3. The maximum Gasteiger partial charge on any atom is 0.182 e. The van der Waals surface area contributed by atoms with Crippen LogP contribution in [-0.4, -0.2) is 26.8 Å². The molecule has 1 fully saturated rings. The molecule has 3 unspecified atom stereocenters. The van der Waals surface area contributed by atoms with Crippen molar-refractivity contribution in [2.45, 2.75) is 42.4 Å². The van der Waals surface area contributed by atoms with Crippen molar-refractivity contribution in [2.24, 2.45) is 5.92 Å². The Kier molecular flexibility index (Phi) is 4.54. The minimum atomic E-state index is -3.29. The van der Waals surface area contributed by atoms with E-state index in [9.17, 15) is 8.42 Å². The van der Waals surface area contributed by atoms with E-state index >= 15 is 0 Å². The van der Waals surface area contributed by atoms with Gasteiger partial charge in [0, 0.05) is 11.1 Å². The van der Waals surface area contributed by atoms with Gasteiger partial charge in [0.25, 0.3) is 0 Å². The zero-order valence-electron chi connectivity index (χ0n) is 11.3. The van der Waals surface area contributed by atoms with Crippen LogP contribution in [0.2, 0.25) is 5.02 Å². The predicted octanol–water partition coefficient (Wildman–Crippen LogP) is 2.89. The Bertz CT molecular complexity index is 527. The second kappa shape index (κ2) is 5.81. The van der Waals surface area contributed by atoms with Crippen LogP contribution >= 0.6 is 11.6 Å². The number of rotatable bonds is 3. The van der Waals surface area contributed by atoms with Crippen molar-refractivity contribution in [3.63, 3.8) is 0 Å². The van der Waals surface area contributed by atoms with Gasteiger partial charge in [-0.25, -0.2) is 8.42 Å². The first-order chi connectivity index (χ1) is 8.95. The topological polar surface area (TPSA) is 46.2 Å². The highest BCUT2D eigenvalue weighted by Gasteiger charge is 2.37. The Balaban J connectivity index is 2.33. The van der Waals surface area contributed by atoms with E-state index in [-0.39, 0.29) is 11.3 Å². The summed E-state index contributed by atoms with van der Waals surface area (Å²) < 4.78 is 25.5. The van der Waals surface area contributed by atoms with E-state index in [0.29, 0.717) is 15.8 Å². The van der Waals surface area contributed by atoms with Gasteiger partial charge in [-0.15, -0.1) is 0 Å². The zero-order chi connectivity index (χ0) is 14.0. The molecule has 1 aliphatic carbocycles. The van der Waals surface area contributed by atoms with Gasteiger partial charge in [-0.2, -0.15) is 0 Å². The first-order valence-corrected chi connectivity index (χ1v) is 8.54. The number of nitrogens with one attached hydrogen (secondary N) is 1. The smallest absolute Gasteiger partial charge is 0.182 e. The van der Waals surface area contributed by atoms with Gasteiger partial charge in [0.1, 0.15) is 0 Å². The summed E-state index contributed by atoms with van der Waals surface area (Å²) >= 11 is 5.82.